The van der Waals surface area contributed by atoms with Crippen LogP contribution < -0.4 is 10.2 Å². The van der Waals surface area contributed by atoms with E-state index in [1.165, 1.54) is 11.3 Å². The van der Waals surface area contributed by atoms with Gasteiger partial charge in [-0.05, 0) is 48.1 Å². The van der Waals surface area contributed by atoms with E-state index in [9.17, 15) is 9.59 Å². The van der Waals surface area contributed by atoms with E-state index in [2.05, 4.69) is 5.32 Å². The summed E-state index contributed by atoms with van der Waals surface area (Å²) in [7, 11) is 1.81. The smallest absolute Gasteiger partial charge is 0.256 e. The van der Waals surface area contributed by atoms with Gasteiger partial charge in [0, 0.05) is 37.0 Å². The van der Waals surface area contributed by atoms with Gasteiger partial charge in [0.05, 0.1) is 11.0 Å². The summed E-state index contributed by atoms with van der Waals surface area (Å²) in [6.45, 7) is 1.18. The average Bonchev–Trinajstić information content (AvgIpc) is 3.21. The molecule has 24 heavy (non-hydrogen) atoms. The molecule has 5 nitrogen and oxygen atoms in total. The Kier molecular flexibility index (Phi) is 3.66. The summed E-state index contributed by atoms with van der Waals surface area (Å²) < 4.78 is 5.46. The number of hydrogen-bond donors (Lipinski definition) is 1. The molecule has 1 spiro atoms. The van der Waals surface area contributed by atoms with Gasteiger partial charge in [0.25, 0.3) is 5.91 Å². The minimum absolute atomic E-state index is 0.127. The molecule has 3 heterocycles. The van der Waals surface area contributed by atoms with Crippen LogP contribution in [0.2, 0.25) is 0 Å². The van der Waals surface area contributed by atoms with Crippen molar-refractivity contribution in [2.45, 2.75) is 18.3 Å². The van der Waals surface area contributed by atoms with Crippen molar-refractivity contribution in [3.63, 3.8) is 0 Å². The molecule has 1 N–H and O–H groups in total. The molecule has 1 fully saturated rings. The number of nitrogens with one attached hydrogen (secondary N) is 1. The van der Waals surface area contributed by atoms with E-state index in [-0.39, 0.29) is 11.8 Å². The average molecular weight is 342 g/mol. The van der Waals surface area contributed by atoms with Crippen LogP contribution in [0.25, 0.3) is 0 Å². The van der Waals surface area contributed by atoms with Gasteiger partial charge in [0.15, 0.2) is 0 Å². The molecule has 2 aliphatic heterocycles. The summed E-state index contributed by atoms with van der Waals surface area (Å²) in [5.41, 5.74) is 2.79. The van der Waals surface area contributed by atoms with Gasteiger partial charge in [-0.1, -0.05) is 0 Å². The topological polar surface area (TPSA) is 58.6 Å². The fourth-order valence-corrected chi connectivity index (χ4v) is 4.27. The number of fused-ring (bicyclic) bond motifs is 2. The zero-order chi connectivity index (χ0) is 16.7. The Morgan fingerprint density at radius 1 is 1.29 bits per heavy atom. The standard InChI is InChI=1S/C18H18N2O3S/c1-20-15-3-2-13(19-16(21)12-4-9-24-11-12)10-14(15)18(17(20)22)5-7-23-8-6-18/h2-4,9-11H,5-8H2,1H3,(H,19,21). The van der Waals surface area contributed by atoms with Gasteiger partial charge in [-0.2, -0.15) is 11.3 Å². The number of carbonyl (C=O) groups excluding carboxylic acids is 2. The van der Waals surface area contributed by atoms with Gasteiger partial charge < -0.3 is 15.0 Å². The third kappa shape index (κ3) is 2.25. The first-order chi connectivity index (χ1) is 11.6. The number of benzene rings is 1. The van der Waals surface area contributed by atoms with Crippen LogP contribution in [-0.4, -0.2) is 32.1 Å². The molecule has 6 heteroatoms. The Bertz CT molecular complexity index is 795. The van der Waals surface area contributed by atoms with E-state index in [1.807, 2.05) is 36.0 Å². The Hall–Kier alpha value is -2.18. The number of likely N-dealkylation sites (N-methyl/N-ethyl adjacent to an activating group) is 1. The van der Waals surface area contributed by atoms with Crippen molar-refractivity contribution in [2.24, 2.45) is 0 Å². The number of hydrogen-bond acceptors (Lipinski definition) is 4. The van der Waals surface area contributed by atoms with Crippen LogP contribution in [0, 0.1) is 0 Å². The third-order valence-corrected chi connectivity index (χ3v) is 5.66. The maximum atomic E-state index is 12.8. The molecule has 1 aromatic carbocycles. The van der Waals surface area contributed by atoms with Gasteiger partial charge in [-0.15, -0.1) is 0 Å². The van der Waals surface area contributed by atoms with Crippen molar-refractivity contribution >= 4 is 34.5 Å². The molecule has 0 aliphatic carbocycles. The lowest BCUT2D eigenvalue weighted by atomic mass is 9.75. The number of amides is 2. The van der Waals surface area contributed by atoms with Gasteiger partial charge >= 0.3 is 0 Å². The second-order valence-electron chi connectivity index (χ2n) is 6.26. The van der Waals surface area contributed by atoms with E-state index in [0.29, 0.717) is 31.6 Å². The first kappa shape index (κ1) is 15.4. The predicted molar refractivity (Wildman–Crippen MR) is 93.9 cm³/mol. The molecule has 124 valence electrons. The summed E-state index contributed by atoms with van der Waals surface area (Å²) in [6, 6.07) is 7.52. The van der Waals surface area contributed by atoms with E-state index in [0.717, 1.165) is 16.9 Å². The maximum absolute atomic E-state index is 12.8. The van der Waals surface area contributed by atoms with Crippen LogP contribution in [0.3, 0.4) is 0 Å². The third-order valence-electron chi connectivity index (χ3n) is 4.98. The lowest BCUT2D eigenvalue weighted by molar-refractivity contribution is -0.126. The number of thiophene rings is 1. The molecule has 0 radical (unpaired) electrons. The summed E-state index contributed by atoms with van der Waals surface area (Å²) >= 11 is 1.49. The lowest BCUT2D eigenvalue weighted by Crippen LogP contribution is -2.42. The SMILES string of the molecule is CN1C(=O)C2(CCOCC2)c2cc(NC(=O)c3ccsc3)ccc21. The van der Waals surface area contributed by atoms with Crippen molar-refractivity contribution in [2.75, 3.05) is 30.5 Å². The number of ether oxygens (including phenoxy) is 1. The molecule has 4 rings (SSSR count). The Labute approximate surface area is 144 Å². The summed E-state index contributed by atoms with van der Waals surface area (Å²) in [5, 5.41) is 6.63. The summed E-state index contributed by atoms with van der Waals surface area (Å²) in [5.74, 6) is -0.00276. The van der Waals surface area contributed by atoms with Crippen LogP contribution in [0.4, 0.5) is 11.4 Å². The van der Waals surface area contributed by atoms with Crippen LogP contribution in [0.5, 0.6) is 0 Å². The molecule has 0 bridgehead atoms. The number of anilines is 2. The Morgan fingerprint density at radius 2 is 2.08 bits per heavy atom. The van der Waals surface area contributed by atoms with Crippen LogP contribution in [-0.2, 0) is 14.9 Å². The normalized spacial score (nSPS) is 18.7. The van der Waals surface area contributed by atoms with Crippen molar-refractivity contribution in [3.8, 4) is 0 Å². The molecule has 0 atom stereocenters. The van der Waals surface area contributed by atoms with E-state index >= 15 is 0 Å². The molecule has 1 aromatic heterocycles. The molecule has 0 unspecified atom stereocenters. The van der Waals surface area contributed by atoms with E-state index in [1.54, 1.807) is 11.0 Å². The van der Waals surface area contributed by atoms with E-state index in [4.69, 9.17) is 4.74 Å². The monoisotopic (exact) mass is 342 g/mol. The highest BCUT2D eigenvalue weighted by Gasteiger charge is 2.50. The highest BCUT2D eigenvalue weighted by atomic mass is 32.1. The number of rotatable bonds is 2. The number of carbonyl (C=O) groups is 2. The van der Waals surface area contributed by atoms with E-state index < -0.39 is 5.41 Å². The second kappa shape index (κ2) is 5.72. The molecule has 2 aromatic rings. The quantitative estimate of drug-likeness (QED) is 0.913. The molecule has 0 saturated carbocycles. The summed E-state index contributed by atoms with van der Waals surface area (Å²) in [6.07, 6.45) is 1.37. The number of nitrogens with zero attached hydrogens (tertiary/aromatic N) is 1. The Balaban J connectivity index is 1.69. The fourth-order valence-electron chi connectivity index (χ4n) is 3.64. The molecular weight excluding hydrogens is 324 g/mol. The summed E-state index contributed by atoms with van der Waals surface area (Å²) in [4.78, 5) is 26.8. The fraction of sp³-hybridized carbons (Fsp3) is 0.333. The largest absolute Gasteiger partial charge is 0.381 e. The molecule has 2 aliphatic rings. The van der Waals surface area contributed by atoms with Crippen molar-refractivity contribution < 1.29 is 14.3 Å². The van der Waals surface area contributed by atoms with Crippen LogP contribution in [0.1, 0.15) is 28.8 Å². The van der Waals surface area contributed by atoms with Crippen LogP contribution >= 0.6 is 11.3 Å². The lowest BCUT2D eigenvalue weighted by Gasteiger charge is -2.32. The highest BCUT2D eigenvalue weighted by Crippen LogP contribution is 2.47. The molecular formula is C18H18N2O3S. The van der Waals surface area contributed by atoms with Crippen molar-refractivity contribution in [3.05, 3.63) is 46.2 Å². The minimum atomic E-state index is -0.508. The van der Waals surface area contributed by atoms with Gasteiger partial charge in [0.1, 0.15) is 0 Å². The van der Waals surface area contributed by atoms with Crippen molar-refractivity contribution in [1.29, 1.82) is 0 Å². The zero-order valence-corrected chi connectivity index (χ0v) is 14.2. The molecule has 2 amide bonds. The first-order valence-corrected chi connectivity index (χ1v) is 8.90. The predicted octanol–water partition coefficient (Wildman–Crippen LogP) is 3.03. The van der Waals surface area contributed by atoms with Gasteiger partial charge in [-0.3, -0.25) is 9.59 Å². The maximum Gasteiger partial charge on any atom is 0.256 e. The Morgan fingerprint density at radius 3 is 2.79 bits per heavy atom. The van der Waals surface area contributed by atoms with Crippen LogP contribution in [0.15, 0.2) is 35.0 Å². The van der Waals surface area contributed by atoms with Gasteiger partial charge in [0.2, 0.25) is 5.91 Å². The first-order valence-electron chi connectivity index (χ1n) is 7.96. The highest BCUT2D eigenvalue weighted by molar-refractivity contribution is 7.08. The van der Waals surface area contributed by atoms with Crippen molar-refractivity contribution in [1.82, 2.24) is 0 Å². The second-order valence-corrected chi connectivity index (χ2v) is 7.04. The minimum Gasteiger partial charge on any atom is -0.381 e. The van der Waals surface area contributed by atoms with Gasteiger partial charge in [-0.25, -0.2) is 0 Å². The zero-order valence-electron chi connectivity index (χ0n) is 13.4. The molecule has 1 saturated heterocycles.